The topological polar surface area (TPSA) is 78.9 Å². The second-order valence-electron chi connectivity index (χ2n) is 22.3. The molecule has 0 aliphatic rings. The lowest BCUT2D eigenvalue weighted by molar-refractivity contribution is -0.167. The molecule has 0 aliphatic carbocycles. The minimum absolute atomic E-state index is 0.0934. The molecule has 0 spiro atoms. The van der Waals surface area contributed by atoms with Gasteiger partial charge in [-0.1, -0.05) is 308 Å². The highest BCUT2D eigenvalue weighted by atomic mass is 16.6. The largest absolute Gasteiger partial charge is 0.462 e. The van der Waals surface area contributed by atoms with Gasteiger partial charge in [-0.15, -0.1) is 0 Å². The van der Waals surface area contributed by atoms with Crippen molar-refractivity contribution in [1.29, 1.82) is 0 Å². The van der Waals surface area contributed by atoms with Crippen LogP contribution in [0.2, 0.25) is 0 Å². The Kier molecular flexibility index (Phi) is 65.8. The molecule has 0 amide bonds. The van der Waals surface area contributed by atoms with Gasteiger partial charge in [0.1, 0.15) is 13.2 Å². The Morgan fingerprint density at radius 2 is 0.470 bits per heavy atom. The van der Waals surface area contributed by atoms with E-state index in [4.69, 9.17) is 14.2 Å². The molecule has 83 heavy (non-hydrogen) atoms. The van der Waals surface area contributed by atoms with Crippen molar-refractivity contribution >= 4 is 17.9 Å². The van der Waals surface area contributed by atoms with Gasteiger partial charge in [0.05, 0.1) is 0 Å². The van der Waals surface area contributed by atoms with E-state index in [0.29, 0.717) is 19.3 Å². The number of allylic oxidation sites excluding steroid dienone is 24. The zero-order valence-corrected chi connectivity index (χ0v) is 53.9. The van der Waals surface area contributed by atoms with Crippen molar-refractivity contribution in [1.82, 2.24) is 0 Å². The number of unbranched alkanes of at least 4 members (excludes halogenated alkanes) is 26. The molecule has 0 rings (SSSR count). The molecule has 470 valence electrons. The average Bonchev–Trinajstić information content (AvgIpc) is 3.49. The van der Waals surface area contributed by atoms with Crippen LogP contribution in [0.1, 0.15) is 303 Å². The van der Waals surface area contributed by atoms with Crippen molar-refractivity contribution < 1.29 is 28.6 Å². The van der Waals surface area contributed by atoms with Gasteiger partial charge < -0.3 is 14.2 Å². The van der Waals surface area contributed by atoms with Gasteiger partial charge in [-0.05, 0) is 122 Å². The summed E-state index contributed by atoms with van der Waals surface area (Å²) in [7, 11) is 0. The van der Waals surface area contributed by atoms with Crippen LogP contribution in [0.15, 0.2) is 146 Å². The van der Waals surface area contributed by atoms with Gasteiger partial charge in [0.15, 0.2) is 6.10 Å². The first-order valence-corrected chi connectivity index (χ1v) is 34.3. The number of ether oxygens (including phenoxy) is 3. The molecule has 0 aromatic rings. The Labute approximate surface area is 512 Å². The van der Waals surface area contributed by atoms with Crippen LogP contribution >= 0.6 is 0 Å². The summed E-state index contributed by atoms with van der Waals surface area (Å²) in [6.45, 7) is 6.40. The zero-order valence-electron chi connectivity index (χ0n) is 53.9. The molecule has 0 fully saturated rings. The molecule has 0 saturated heterocycles. The lowest BCUT2D eigenvalue weighted by atomic mass is 10.0. The number of rotatable bonds is 61. The predicted molar refractivity (Wildman–Crippen MR) is 362 cm³/mol. The first-order chi connectivity index (χ1) is 41.0. The minimum Gasteiger partial charge on any atom is -0.462 e. The number of carbonyl (C=O) groups is 3. The van der Waals surface area contributed by atoms with Crippen LogP contribution in [0.4, 0.5) is 0 Å². The number of hydrogen-bond donors (Lipinski definition) is 0. The van der Waals surface area contributed by atoms with Crippen molar-refractivity contribution in [2.24, 2.45) is 0 Å². The monoisotopic (exact) mass is 1150 g/mol. The molecule has 1 unspecified atom stereocenters. The molecule has 0 bridgehead atoms. The van der Waals surface area contributed by atoms with Crippen LogP contribution in [0, 0.1) is 0 Å². The van der Waals surface area contributed by atoms with Crippen molar-refractivity contribution in [3.8, 4) is 0 Å². The van der Waals surface area contributed by atoms with E-state index < -0.39 is 6.10 Å². The van der Waals surface area contributed by atoms with Crippen LogP contribution in [-0.2, 0) is 28.6 Å². The Hall–Kier alpha value is -4.71. The van der Waals surface area contributed by atoms with Gasteiger partial charge in [0.2, 0.25) is 0 Å². The van der Waals surface area contributed by atoms with Gasteiger partial charge in [-0.2, -0.15) is 0 Å². The fourth-order valence-electron chi connectivity index (χ4n) is 9.27. The van der Waals surface area contributed by atoms with E-state index in [1.165, 1.54) is 116 Å². The molecule has 0 aromatic carbocycles. The van der Waals surface area contributed by atoms with Crippen molar-refractivity contribution in [3.63, 3.8) is 0 Å². The molecule has 6 heteroatoms. The Bertz CT molecular complexity index is 1800. The summed E-state index contributed by atoms with van der Waals surface area (Å²) in [6.07, 6.45) is 100.0. The number of carbonyl (C=O) groups excluding carboxylic acids is 3. The van der Waals surface area contributed by atoms with E-state index >= 15 is 0 Å². The maximum absolute atomic E-state index is 13.0. The smallest absolute Gasteiger partial charge is 0.306 e. The third-order valence-electron chi connectivity index (χ3n) is 14.3. The van der Waals surface area contributed by atoms with Crippen LogP contribution in [0.5, 0.6) is 0 Å². The Morgan fingerprint density at radius 3 is 0.747 bits per heavy atom. The molecule has 0 aliphatic heterocycles. The second kappa shape index (κ2) is 69.8. The van der Waals surface area contributed by atoms with Gasteiger partial charge in [-0.3, -0.25) is 14.4 Å². The molecule has 6 nitrogen and oxygen atoms in total. The SMILES string of the molecule is CC/C=C\C/C=C\C/C=C\C/C=C\C/C=C\C/C=C\C/C=C\CCCCCC(=O)OCC(COC(=O)CCCCCCCCCCCCCCCCC)OC(=O)CCCCCCCCCCC/C=C\C/C=C\C/C=C\C/C=C\C/C=C\CC. The molecule has 0 radical (unpaired) electrons. The third kappa shape index (κ3) is 68.0. The first kappa shape index (κ1) is 78.3. The first-order valence-electron chi connectivity index (χ1n) is 34.3. The molecular weight excluding hydrogens is 1020 g/mol. The summed E-state index contributed by atoms with van der Waals surface area (Å²) in [5.41, 5.74) is 0. The summed E-state index contributed by atoms with van der Waals surface area (Å²) in [6, 6.07) is 0. The number of hydrogen-bond acceptors (Lipinski definition) is 6. The highest BCUT2D eigenvalue weighted by Gasteiger charge is 2.19. The second-order valence-corrected chi connectivity index (χ2v) is 22.3. The Balaban J connectivity index is 4.45. The average molecular weight is 1150 g/mol. The fourth-order valence-corrected chi connectivity index (χ4v) is 9.27. The van der Waals surface area contributed by atoms with Crippen LogP contribution in [0.25, 0.3) is 0 Å². The Morgan fingerprint density at radius 1 is 0.253 bits per heavy atom. The van der Waals surface area contributed by atoms with Crippen LogP contribution < -0.4 is 0 Å². The molecular formula is C77H126O6. The summed E-state index contributed by atoms with van der Waals surface area (Å²) in [5, 5.41) is 0. The van der Waals surface area contributed by atoms with Crippen molar-refractivity contribution in [3.05, 3.63) is 146 Å². The lowest BCUT2D eigenvalue weighted by Crippen LogP contribution is -2.30. The maximum Gasteiger partial charge on any atom is 0.306 e. The van der Waals surface area contributed by atoms with Gasteiger partial charge in [-0.25, -0.2) is 0 Å². The molecule has 0 saturated carbocycles. The van der Waals surface area contributed by atoms with Crippen molar-refractivity contribution in [2.75, 3.05) is 13.2 Å². The zero-order chi connectivity index (χ0) is 59.9. The van der Waals surface area contributed by atoms with E-state index in [9.17, 15) is 14.4 Å². The van der Waals surface area contributed by atoms with Crippen LogP contribution in [0.3, 0.4) is 0 Å². The molecule has 1 atom stereocenters. The summed E-state index contributed by atoms with van der Waals surface area (Å²) < 4.78 is 16.9. The third-order valence-corrected chi connectivity index (χ3v) is 14.3. The van der Waals surface area contributed by atoms with E-state index in [1.54, 1.807) is 0 Å². The van der Waals surface area contributed by atoms with E-state index in [-0.39, 0.29) is 31.1 Å². The van der Waals surface area contributed by atoms with Gasteiger partial charge in [0, 0.05) is 19.3 Å². The summed E-state index contributed by atoms with van der Waals surface area (Å²) in [4.78, 5) is 38.4. The minimum atomic E-state index is -0.802. The van der Waals surface area contributed by atoms with Crippen molar-refractivity contribution in [2.45, 2.75) is 309 Å². The highest BCUT2D eigenvalue weighted by molar-refractivity contribution is 5.71. The van der Waals surface area contributed by atoms with Crippen LogP contribution in [-0.4, -0.2) is 37.2 Å². The van der Waals surface area contributed by atoms with Gasteiger partial charge >= 0.3 is 17.9 Å². The normalized spacial score (nSPS) is 13.0. The maximum atomic E-state index is 13.0. The molecule has 0 aromatic heterocycles. The van der Waals surface area contributed by atoms with E-state index in [0.717, 1.165) is 148 Å². The number of esters is 3. The van der Waals surface area contributed by atoms with Gasteiger partial charge in [0.25, 0.3) is 0 Å². The highest BCUT2D eigenvalue weighted by Crippen LogP contribution is 2.16. The fraction of sp³-hybridized carbons (Fsp3) is 0.649. The summed E-state index contributed by atoms with van der Waals surface area (Å²) >= 11 is 0. The standard InChI is InChI=1S/C77H126O6/c1-4-7-10-13-16-19-22-25-28-30-32-34-36-38-40-42-44-46-49-52-55-58-61-64-67-70-76(79)82-73-74(72-81-75(78)69-66-63-60-57-54-51-48-27-24-21-18-15-12-9-6-3)83-77(80)71-68-65-62-59-56-53-50-47-45-43-41-39-37-35-33-31-29-26-23-20-17-14-11-8-5-2/h7-8,10-11,16-17,19-20,25-26,28-29,32-35,38-41,44,46,52,55,74H,4-6,9,12-15,18,21-24,27,30-31,36-37,42-43,45,47-51,53-54,56-73H2,1-3H3/b10-7-,11-8-,19-16-,20-17-,28-25-,29-26-,34-32-,35-33-,40-38-,41-39-,46-44-,55-52-. The molecule has 0 N–H and O–H groups in total. The summed E-state index contributed by atoms with van der Waals surface area (Å²) in [5.74, 6) is -0.927. The predicted octanol–water partition coefficient (Wildman–Crippen LogP) is 23.9. The van der Waals surface area contributed by atoms with E-state index in [2.05, 4.69) is 167 Å². The van der Waals surface area contributed by atoms with E-state index in [1.807, 2.05) is 0 Å². The quantitative estimate of drug-likeness (QED) is 0.0261. The molecule has 0 heterocycles. The lowest BCUT2D eigenvalue weighted by Gasteiger charge is -2.18.